The minimum absolute atomic E-state index is 0.00496. The number of hydrogen-bond donors (Lipinski definition) is 1. The molecular formula is C23H29N3O2. The molecular weight excluding hydrogens is 350 g/mol. The summed E-state index contributed by atoms with van der Waals surface area (Å²) in [4.78, 5) is 31.1. The van der Waals surface area contributed by atoms with Crippen LogP contribution in [0.25, 0.3) is 0 Å². The number of amides is 1. The average molecular weight is 380 g/mol. The Morgan fingerprint density at radius 2 is 1.68 bits per heavy atom. The van der Waals surface area contributed by atoms with Gasteiger partial charge in [-0.1, -0.05) is 37.3 Å². The summed E-state index contributed by atoms with van der Waals surface area (Å²) < 4.78 is 0. The predicted octanol–water partition coefficient (Wildman–Crippen LogP) is 3.91. The summed E-state index contributed by atoms with van der Waals surface area (Å²) >= 11 is 0. The van der Waals surface area contributed by atoms with Gasteiger partial charge in [-0.05, 0) is 42.9 Å². The SMILES string of the molecule is CCc1ccc(C(=O)CCC(=O)NCc2ccc(N3CCCCC3)nc2)cc1. The number of carbonyl (C=O) groups excluding carboxylic acids is 2. The van der Waals surface area contributed by atoms with E-state index in [4.69, 9.17) is 0 Å². The number of rotatable bonds is 8. The maximum atomic E-state index is 12.2. The molecule has 1 aromatic heterocycles. The molecule has 3 rings (SSSR count). The Labute approximate surface area is 167 Å². The van der Waals surface area contributed by atoms with Crippen LogP contribution < -0.4 is 10.2 Å². The van der Waals surface area contributed by atoms with Crippen LogP contribution in [0.4, 0.5) is 5.82 Å². The van der Waals surface area contributed by atoms with Gasteiger partial charge < -0.3 is 10.2 Å². The van der Waals surface area contributed by atoms with Crippen LogP contribution in [0.3, 0.4) is 0 Å². The molecule has 1 fully saturated rings. The molecule has 28 heavy (non-hydrogen) atoms. The molecule has 1 aliphatic heterocycles. The molecule has 0 aliphatic carbocycles. The van der Waals surface area contributed by atoms with Crippen molar-refractivity contribution in [1.82, 2.24) is 10.3 Å². The number of pyridine rings is 1. The van der Waals surface area contributed by atoms with Gasteiger partial charge in [0.2, 0.25) is 5.91 Å². The van der Waals surface area contributed by atoms with E-state index < -0.39 is 0 Å². The Kier molecular flexibility index (Phi) is 7.18. The van der Waals surface area contributed by atoms with E-state index in [0.717, 1.165) is 30.9 Å². The first-order valence-electron chi connectivity index (χ1n) is 10.2. The molecule has 2 heterocycles. The van der Waals surface area contributed by atoms with Gasteiger partial charge in [-0.3, -0.25) is 9.59 Å². The van der Waals surface area contributed by atoms with Crippen LogP contribution in [-0.4, -0.2) is 29.8 Å². The van der Waals surface area contributed by atoms with Crippen LogP contribution in [-0.2, 0) is 17.8 Å². The molecule has 2 aromatic rings. The number of nitrogens with one attached hydrogen (secondary N) is 1. The van der Waals surface area contributed by atoms with E-state index >= 15 is 0 Å². The number of carbonyl (C=O) groups is 2. The fraction of sp³-hybridized carbons (Fsp3) is 0.435. The highest BCUT2D eigenvalue weighted by Gasteiger charge is 2.12. The molecule has 0 spiro atoms. The highest BCUT2D eigenvalue weighted by molar-refractivity contribution is 5.97. The second-order valence-corrected chi connectivity index (χ2v) is 7.32. The lowest BCUT2D eigenvalue weighted by molar-refractivity contribution is -0.121. The van der Waals surface area contributed by atoms with Crippen LogP contribution >= 0.6 is 0 Å². The van der Waals surface area contributed by atoms with Crippen LogP contribution in [0, 0.1) is 0 Å². The molecule has 1 aliphatic rings. The van der Waals surface area contributed by atoms with Crippen molar-refractivity contribution in [2.75, 3.05) is 18.0 Å². The monoisotopic (exact) mass is 379 g/mol. The lowest BCUT2D eigenvalue weighted by Gasteiger charge is -2.27. The Morgan fingerprint density at radius 1 is 0.964 bits per heavy atom. The van der Waals surface area contributed by atoms with Gasteiger partial charge in [0.05, 0.1) is 0 Å². The summed E-state index contributed by atoms with van der Waals surface area (Å²) in [5.41, 5.74) is 2.84. The minimum atomic E-state index is -0.112. The molecule has 5 heteroatoms. The van der Waals surface area contributed by atoms with Crippen molar-refractivity contribution < 1.29 is 9.59 Å². The number of nitrogens with zero attached hydrogens (tertiary/aromatic N) is 2. The van der Waals surface area contributed by atoms with Gasteiger partial charge in [0.25, 0.3) is 0 Å². The number of aryl methyl sites for hydroxylation is 1. The van der Waals surface area contributed by atoms with Crippen molar-refractivity contribution in [2.45, 2.75) is 52.0 Å². The molecule has 0 unspecified atom stereocenters. The fourth-order valence-electron chi connectivity index (χ4n) is 3.42. The van der Waals surface area contributed by atoms with Crippen LogP contribution in [0.1, 0.15) is 60.5 Å². The summed E-state index contributed by atoms with van der Waals surface area (Å²) in [5.74, 6) is 0.901. The lowest BCUT2D eigenvalue weighted by Crippen LogP contribution is -2.30. The summed E-state index contributed by atoms with van der Waals surface area (Å²) in [5, 5.41) is 2.88. The lowest BCUT2D eigenvalue weighted by atomic mass is 10.0. The van der Waals surface area contributed by atoms with E-state index in [-0.39, 0.29) is 24.5 Å². The summed E-state index contributed by atoms with van der Waals surface area (Å²) in [6.45, 7) is 4.65. The number of aromatic nitrogens is 1. The quantitative estimate of drug-likeness (QED) is 0.706. The Bertz CT molecular complexity index is 778. The smallest absolute Gasteiger partial charge is 0.220 e. The minimum Gasteiger partial charge on any atom is -0.357 e. The van der Waals surface area contributed by atoms with E-state index in [1.54, 1.807) is 0 Å². The zero-order valence-corrected chi connectivity index (χ0v) is 16.6. The normalized spacial score (nSPS) is 14.0. The molecule has 5 nitrogen and oxygen atoms in total. The zero-order valence-electron chi connectivity index (χ0n) is 16.6. The van der Waals surface area contributed by atoms with Gasteiger partial charge in [-0.15, -0.1) is 0 Å². The molecule has 1 amide bonds. The fourth-order valence-corrected chi connectivity index (χ4v) is 3.42. The number of benzene rings is 1. The zero-order chi connectivity index (χ0) is 19.8. The third kappa shape index (κ3) is 5.65. The second kappa shape index (κ2) is 10.0. The van der Waals surface area contributed by atoms with E-state index in [1.807, 2.05) is 42.6 Å². The van der Waals surface area contributed by atoms with Gasteiger partial charge in [-0.2, -0.15) is 0 Å². The third-order valence-electron chi connectivity index (χ3n) is 5.24. The molecule has 0 saturated carbocycles. The Hall–Kier alpha value is -2.69. The van der Waals surface area contributed by atoms with Gasteiger partial charge >= 0.3 is 0 Å². The van der Waals surface area contributed by atoms with Gasteiger partial charge in [0.15, 0.2) is 5.78 Å². The maximum Gasteiger partial charge on any atom is 0.220 e. The first-order valence-corrected chi connectivity index (χ1v) is 10.2. The molecule has 148 valence electrons. The molecule has 1 N–H and O–H groups in total. The number of anilines is 1. The Morgan fingerprint density at radius 3 is 2.32 bits per heavy atom. The first kappa shape index (κ1) is 20.1. The van der Waals surface area contributed by atoms with Crippen molar-refractivity contribution in [1.29, 1.82) is 0 Å². The van der Waals surface area contributed by atoms with Crippen molar-refractivity contribution in [3.8, 4) is 0 Å². The number of hydrogen-bond acceptors (Lipinski definition) is 4. The average Bonchev–Trinajstić information content (AvgIpc) is 2.77. The van der Waals surface area contributed by atoms with Gasteiger partial charge in [0.1, 0.15) is 5.82 Å². The molecule has 0 atom stereocenters. The molecule has 0 radical (unpaired) electrons. The highest BCUT2D eigenvalue weighted by Crippen LogP contribution is 2.17. The molecule has 0 bridgehead atoms. The van der Waals surface area contributed by atoms with Gasteiger partial charge in [-0.25, -0.2) is 4.98 Å². The standard InChI is InChI=1S/C23H29N3O2/c1-2-18-6-9-20(10-7-18)21(27)11-13-23(28)25-17-19-8-12-22(24-16-19)26-14-4-3-5-15-26/h6-10,12,16H,2-5,11,13-15,17H2,1H3,(H,25,28). The maximum absolute atomic E-state index is 12.2. The van der Waals surface area contributed by atoms with Crippen molar-refractivity contribution >= 4 is 17.5 Å². The predicted molar refractivity (Wildman–Crippen MR) is 112 cm³/mol. The largest absolute Gasteiger partial charge is 0.357 e. The summed E-state index contributed by atoms with van der Waals surface area (Å²) in [6.07, 6.45) is 6.95. The number of ketones is 1. The number of Topliss-reactive ketones (excluding diaryl/α,β-unsaturated/α-hetero) is 1. The number of piperidine rings is 1. The topological polar surface area (TPSA) is 62.3 Å². The highest BCUT2D eigenvalue weighted by atomic mass is 16.2. The van der Waals surface area contributed by atoms with E-state index in [0.29, 0.717) is 12.1 Å². The summed E-state index contributed by atoms with van der Waals surface area (Å²) in [6, 6.07) is 11.7. The van der Waals surface area contributed by atoms with Crippen LogP contribution in [0.15, 0.2) is 42.6 Å². The van der Waals surface area contributed by atoms with E-state index in [9.17, 15) is 9.59 Å². The van der Waals surface area contributed by atoms with Crippen molar-refractivity contribution in [3.05, 3.63) is 59.3 Å². The molecule has 1 saturated heterocycles. The molecule has 1 aromatic carbocycles. The Balaban J connectivity index is 1.41. The summed E-state index contributed by atoms with van der Waals surface area (Å²) in [7, 11) is 0. The van der Waals surface area contributed by atoms with Crippen LogP contribution in [0.2, 0.25) is 0 Å². The van der Waals surface area contributed by atoms with E-state index in [1.165, 1.54) is 24.8 Å². The third-order valence-corrected chi connectivity index (χ3v) is 5.24. The van der Waals surface area contributed by atoms with Gasteiger partial charge in [0, 0.05) is 44.2 Å². The van der Waals surface area contributed by atoms with Crippen molar-refractivity contribution in [2.24, 2.45) is 0 Å². The van der Waals surface area contributed by atoms with E-state index in [2.05, 4.69) is 22.1 Å². The van der Waals surface area contributed by atoms with Crippen molar-refractivity contribution in [3.63, 3.8) is 0 Å². The second-order valence-electron chi connectivity index (χ2n) is 7.32. The first-order chi connectivity index (χ1) is 13.7. The van der Waals surface area contributed by atoms with Crippen LogP contribution in [0.5, 0.6) is 0 Å².